The number of likely N-dealkylation sites (N-methyl/N-ethyl adjacent to an activating group) is 1. The number of benzene rings is 1. The van der Waals surface area contributed by atoms with Crippen LogP contribution in [-0.4, -0.2) is 50.8 Å². The molecule has 19 heavy (non-hydrogen) atoms. The van der Waals surface area contributed by atoms with E-state index in [2.05, 4.69) is 20.8 Å². The maximum absolute atomic E-state index is 12.6. The average molecular weight is 348 g/mol. The van der Waals surface area contributed by atoms with Gasteiger partial charge in [-0.3, -0.25) is 0 Å². The van der Waals surface area contributed by atoms with Gasteiger partial charge in [-0.25, -0.2) is 8.42 Å². The highest BCUT2D eigenvalue weighted by atomic mass is 79.9. The molecule has 0 saturated carbocycles. The van der Waals surface area contributed by atoms with Crippen LogP contribution in [-0.2, 0) is 10.0 Å². The minimum atomic E-state index is -3.43. The standard InChI is InChI=1S/C12H18BrN3O2S/c1-15-5-2-6-16(8-7-15)19(17,18)10-3-4-12(14)11(13)9-10/h3-4,9H,2,5-8,14H2,1H3. The molecular formula is C12H18BrN3O2S. The molecule has 0 amide bonds. The van der Waals surface area contributed by atoms with E-state index in [-0.39, 0.29) is 4.90 Å². The molecule has 0 unspecified atom stereocenters. The summed E-state index contributed by atoms with van der Waals surface area (Å²) in [5, 5.41) is 0. The van der Waals surface area contributed by atoms with Crippen molar-refractivity contribution in [3.63, 3.8) is 0 Å². The number of hydrogen-bond acceptors (Lipinski definition) is 4. The summed E-state index contributed by atoms with van der Waals surface area (Å²) < 4.78 is 27.3. The Morgan fingerprint density at radius 2 is 1.95 bits per heavy atom. The summed E-state index contributed by atoms with van der Waals surface area (Å²) >= 11 is 3.27. The number of hydrogen-bond donors (Lipinski definition) is 1. The van der Waals surface area contributed by atoms with Gasteiger partial charge >= 0.3 is 0 Å². The van der Waals surface area contributed by atoms with Gasteiger partial charge in [0.25, 0.3) is 0 Å². The first-order chi connectivity index (χ1) is 8.91. The molecular weight excluding hydrogens is 330 g/mol. The van der Waals surface area contributed by atoms with Gasteiger partial charge < -0.3 is 10.6 Å². The Kier molecular flexibility index (Phi) is 4.50. The quantitative estimate of drug-likeness (QED) is 0.820. The van der Waals surface area contributed by atoms with E-state index in [9.17, 15) is 8.42 Å². The van der Waals surface area contributed by atoms with Crippen molar-refractivity contribution in [2.24, 2.45) is 0 Å². The maximum Gasteiger partial charge on any atom is 0.243 e. The Morgan fingerprint density at radius 3 is 2.63 bits per heavy atom. The van der Waals surface area contributed by atoms with Crippen molar-refractivity contribution in [1.29, 1.82) is 0 Å². The Hall–Kier alpha value is -0.630. The molecule has 1 aromatic carbocycles. The van der Waals surface area contributed by atoms with E-state index < -0.39 is 10.0 Å². The zero-order valence-corrected chi connectivity index (χ0v) is 13.2. The molecule has 1 saturated heterocycles. The predicted molar refractivity (Wildman–Crippen MR) is 79.4 cm³/mol. The number of nitrogen functional groups attached to an aromatic ring is 1. The molecule has 106 valence electrons. The number of halogens is 1. The molecule has 1 heterocycles. The first kappa shape index (κ1) is 14.8. The molecule has 0 radical (unpaired) electrons. The van der Waals surface area contributed by atoms with Gasteiger partial charge in [0.15, 0.2) is 0 Å². The van der Waals surface area contributed by atoms with E-state index >= 15 is 0 Å². The smallest absolute Gasteiger partial charge is 0.243 e. The third-order valence-corrected chi connectivity index (χ3v) is 5.87. The highest BCUT2D eigenvalue weighted by Crippen LogP contribution is 2.25. The SMILES string of the molecule is CN1CCCN(S(=O)(=O)c2ccc(N)c(Br)c2)CC1. The first-order valence-electron chi connectivity index (χ1n) is 6.15. The van der Waals surface area contributed by atoms with Crippen molar-refractivity contribution in [2.45, 2.75) is 11.3 Å². The lowest BCUT2D eigenvalue weighted by atomic mass is 10.3. The van der Waals surface area contributed by atoms with Gasteiger partial charge in [-0.2, -0.15) is 4.31 Å². The second kappa shape index (κ2) is 5.78. The molecule has 0 bridgehead atoms. The zero-order chi connectivity index (χ0) is 14.0. The van der Waals surface area contributed by atoms with E-state index in [1.807, 2.05) is 7.05 Å². The van der Waals surface area contributed by atoms with Crippen LogP contribution in [0, 0.1) is 0 Å². The molecule has 0 aliphatic carbocycles. The molecule has 0 atom stereocenters. The summed E-state index contributed by atoms with van der Waals surface area (Å²) in [5.74, 6) is 0. The monoisotopic (exact) mass is 347 g/mol. The molecule has 5 nitrogen and oxygen atoms in total. The van der Waals surface area contributed by atoms with Gasteiger partial charge in [0, 0.05) is 29.8 Å². The summed E-state index contributed by atoms with van der Waals surface area (Å²) in [4.78, 5) is 2.44. The summed E-state index contributed by atoms with van der Waals surface area (Å²) in [6.45, 7) is 2.78. The van der Waals surface area contributed by atoms with Crippen molar-refractivity contribution < 1.29 is 8.42 Å². The van der Waals surface area contributed by atoms with Crippen LogP contribution in [0.15, 0.2) is 27.6 Å². The number of nitrogens with two attached hydrogens (primary N) is 1. The van der Waals surface area contributed by atoms with Gasteiger partial charge in [-0.05, 0) is 54.1 Å². The second-order valence-corrected chi connectivity index (χ2v) is 7.54. The van der Waals surface area contributed by atoms with Crippen molar-refractivity contribution in [1.82, 2.24) is 9.21 Å². The first-order valence-corrected chi connectivity index (χ1v) is 8.38. The van der Waals surface area contributed by atoms with Crippen LogP contribution < -0.4 is 5.73 Å². The van der Waals surface area contributed by atoms with Gasteiger partial charge in [0.2, 0.25) is 10.0 Å². The van der Waals surface area contributed by atoms with Crippen LogP contribution in [0.4, 0.5) is 5.69 Å². The predicted octanol–water partition coefficient (Wildman–Crippen LogP) is 1.36. The Labute approximate surface area is 122 Å². The molecule has 7 heteroatoms. The third kappa shape index (κ3) is 3.28. The number of sulfonamides is 1. The maximum atomic E-state index is 12.6. The van der Waals surface area contributed by atoms with Crippen LogP contribution >= 0.6 is 15.9 Å². The second-order valence-electron chi connectivity index (χ2n) is 4.74. The van der Waals surface area contributed by atoms with E-state index in [1.165, 1.54) is 0 Å². The fraction of sp³-hybridized carbons (Fsp3) is 0.500. The summed E-state index contributed by atoms with van der Waals surface area (Å²) in [6, 6.07) is 4.74. The highest BCUT2D eigenvalue weighted by Gasteiger charge is 2.26. The highest BCUT2D eigenvalue weighted by molar-refractivity contribution is 9.10. The van der Waals surface area contributed by atoms with Crippen molar-refractivity contribution in [2.75, 3.05) is 39.0 Å². The van der Waals surface area contributed by atoms with E-state index in [0.29, 0.717) is 23.2 Å². The molecule has 1 aromatic rings. The van der Waals surface area contributed by atoms with Gasteiger partial charge in [-0.15, -0.1) is 0 Å². The lowest BCUT2D eigenvalue weighted by Gasteiger charge is -2.20. The average Bonchev–Trinajstić information content (AvgIpc) is 2.57. The molecule has 1 aliphatic rings. The summed E-state index contributed by atoms with van der Waals surface area (Å²) in [7, 11) is -1.42. The normalized spacial score (nSPS) is 19.3. The Bertz CT molecular complexity index is 562. The lowest BCUT2D eigenvalue weighted by molar-refractivity contribution is 0.347. The van der Waals surface area contributed by atoms with Crippen molar-refractivity contribution in [3.8, 4) is 0 Å². The van der Waals surface area contributed by atoms with Crippen LogP contribution in [0.2, 0.25) is 0 Å². The van der Waals surface area contributed by atoms with Crippen LogP contribution in [0.5, 0.6) is 0 Å². The molecule has 1 aliphatic heterocycles. The van der Waals surface area contributed by atoms with E-state index in [4.69, 9.17) is 5.73 Å². The lowest BCUT2D eigenvalue weighted by Crippen LogP contribution is -2.34. The van der Waals surface area contributed by atoms with E-state index in [0.717, 1.165) is 19.5 Å². The fourth-order valence-electron chi connectivity index (χ4n) is 2.08. The van der Waals surface area contributed by atoms with Gasteiger partial charge in [-0.1, -0.05) is 0 Å². The largest absolute Gasteiger partial charge is 0.398 e. The van der Waals surface area contributed by atoms with Crippen LogP contribution in [0.1, 0.15) is 6.42 Å². The number of anilines is 1. The Morgan fingerprint density at radius 1 is 1.21 bits per heavy atom. The summed E-state index contributed by atoms with van der Waals surface area (Å²) in [5.41, 5.74) is 6.23. The zero-order valence-electron chi connectivity index (χ0n) is 10.8. The topological polar surface area (TPSA) is 66.6 Å². The minimum Gasteiger partial charge on any atom is -0.398 e. The van der Waals surface area contributed by atoms with E-state index in [1.54, 1.807) is 22.5 Å². The molecule has 2 N–H and O–H groups in total. The Balaban J connectivity index is 2.28. The molecule has 2 rings (SSSR count). The third-order valence-electron chi connectivity index (χ3n) is 3.29. The molecule has 1 fully saturated rings. The fourth-order valence-corrected chi connectivity index (χ4v) is 4.11. The van der Waals surface area contributed by atoms with Crippen LogP contribution in [0.3, 0.4) is 0 Å². The molecule has 0 aromatic heterocycles. The van der Waals surface area contributed by atoms with Crippen molar-refractivity contribution >= 4 is 31.6 Å². The van der Waals surface area contributed by atoms with Gasteiger partial charge in [0.05, 0.1) is 4.90 Å². The van der Waals surface area contributed by atoms with Crippen LogP contribution in [0.25, 0.3) is 0 Å². The number of nitrogens with zero attached hydrogens (tertiary/aromatic N) is 2. The summed E-state index contributed by atoms with van der Waals surface area (Å²) in [6.07, 6.45) is 0.853. The molecule has 0 spiro atoms. The minimum absolute atomic E-state index is 0.290. The van der Waals surface area contributed by atoms with Gasteiger partial charge in [0.1, 0.15) is 0 Å². The van der Waals surface area contributed by atoms with Crippen molar-refractivity contribution in [3.05, 3.63) is 22.7 Å². The number of rotatable bonds is 2.